The number of fused-ring (bicyclic) bond motifs is 1. The summed E-state index contributed by atoms with van der Waals surface area (Å²) in [6.07, 6.45) is 4.66. The Hall–Kier alpha value is -2.56. The molecule has 88 valence electrons. The van der Waals surface area contributed by atoms with Gasteiger partial charge in [-0.25, -0.2) is 9.37 Å². The fourth-order valence-corrected chi connectivity index (χ4v) is 1.86. The van der Waals surface area contributed by atoms with Crippen molar-refractivity contribution >= 4 is 16.7 Å². The fourth-order valence-electron chi connectivity index (χ4n) is 1.86. The highest BCUT2D eigenvalue weighted by atomic mass is 19.1. The zero-order valence-corrected chi connectivity index (χ0v) is 9.34. The van der Waals surface area contributed by atoms with E-state index in [1.54, 1.807) is 30.6 Å². The van der Waals surface area contributed by atoms with E-state index in [9.17, 15) is 4.39 Å². The Labute approximate surface area is 102 Å². The Morgan fingerprint density at radius 3 is 2.83 bits per heavy atom. The largest absolute Gasteiger partial charge is 0.382 e. The van der Waals surface area contributed by atoms with E-state index in [2.05, 4.69) is 15.0 Å². The van der Waals surface area contributed by atoms with Gasteiger partial charge in [-0.3, -0.25) is 9.97 Å². The van der Waals surface area contributed by atoms with Crippen molar-refractivity contribution in [1.29, 1.82) is 0 Å². The van der Waals surface area contributed by atoms with E-state index in [1.807, 2.05) is 0 Å². The molecule has 2 aromatic heterocycles. The molecule has 3 rings (SSSR count). The molecule has 4 nitrogen and oxygen atoms in total. The van der Waals surface area contributed by atoms with Crippen LogP contribution in [-0.4, -0.2) is 15.0 Å². The highest BCUT2D eigenvalue weighted by molar-refractivity contribution is 5.92. The van der Waals surface area contributed by atoms with Crippen LogP contribution in [0.4, 0.5) is 10.2 Å². The van der Waals surface area contributed by atoms with Gasteiger partial charge in [0.1, 0.15) is 11.6 Å². The van der Waals surface area contributed by atoms with Crippen molar-refractivity contribution in [3.63, 3.8) is 0 Å². The molecular weight excluding hydrogens is 231 g/mol. The molecule has 3 aromatic rings. The maximum atomic E-state index is 13.7. The van der Waals surface area contributed by atoms with Gasteiger partial charge in [0, 0.05) is 17.1 Å². The van der Waals surface area contributed by atoms with Crippen LogP contribution in [-0.2, 0) is 0 Å². The zero-order valence-electron chi connectivity index (χ0n) is 9.34. The lowest BCUT2D eigenvalue weighted by Crippen LogP contribution is -1.95. The van der Waals surface area contributed by atoms with Gasteiger partial charge < -0.3 is 5.73 Å². The minimum Gasteiger partial charge on any atom is -0.382 e. The first-order valence-electron chi connectivity index (χ1n) is 5.37. The number of halogens is 1. The monoisotopic (exact) mass is 240 g/mol. The standard InChI is InChI=1S/C13H9FN4/c14-10-4-3-9(11-6-16-7-12(15)18-11)13-8(10)2-1-5-17-13/h1-7H,(H2,15,18). The van der Waals surface area contributed by atoms with E-state index in [4.69, 9.17) is 5.73 Å². The van der Waals surface area contributed by atoms with E-state index in [0.29, 0.717) is 28.0 Å². The van der Waals surface area contributed by atoms with Crippen LogP contribution in [0.5, 0.6) is 0 Å². The van der Waals surface area contributed by atoms with Gasteiger partial charge in [0.05, 0.1) is 23.6 Å². The number of nitrogens with two attached hydrogens (primary N) is 1. The second kappa shape index (κ2) is 4.03. The molecule has 18 heavy (non-hydrogen) atoms. The molecule has 2 N–H and O–H groups in total. The number of nitrogen functional groups attached to an aromatic ring is 1. The van der Waals surface area contributed by atoms with Crippen molar-refractivity contribution < 1.29 is 4.39 Å². The van der Waals surface area contributed by atoms with Crippen LogP contribution in [0.2, 0.25) is 0 Å². The molecule has 0 saturated heterocycles. The minimum absolute atomic E-state index is 0.307. The molecule has 0 amide bonds. The van der Waals surface area contributed by atoms with Gasteiger partial charge in [0.25, 0.3) is 0 Å². The molecule has 0 aliphatic carbocycles. The van der Waals surface area contributed by atoms with Crippen LogP contribution in [0.1, 0.15) is 0 Å². The third-order valence-electron chi connectivity index (χ3n) is 2.65. The number of anilines is 1. The third kappa shape index (κ3) is 1.66. The summed E-state index contributed by atoms with van der Waals surface area (Å²) in [6, 6.07) is 6.40. The van der Waals surface area contributed by atoms with Crippen molar-refractivity contribution in [2.24, 2.45) is 0 Å². The molecule has 0 atom stereocenters. The van der Waals surface area contributed by atoms with E-state index in [0.717, 1.165) is 0 Å². The van der Waals surface area contributed by atoms with Crippen LogP contribution >= 0.6 is 0 Å². The van der Waals surface area contributed by atoms with Gasteiger partial charge >= 0.3 is 0 Å². The van der Waals surface area contributed by atoms with Gasteiger partial charge in [-0.2, -0.15) is 0 Å². The van der Waals surface area contributed by atoms with Crippen LogP contribution in [0.15, 0.2) is 42.9 Å². The van der Waals surface area contributed by atoms with Gasteiger partial charge in [-0.15, -0.1) is 0 Å². The Bertz CT molecular complexity index is 727. The summed E-state index contributed by atoms with van der Waals surface area (Å²) in [5.74, 6) is 0.0135. The van der Waals surface area contributed by atoms with Crippen LogP contribution < -0.4 is 5.73 Å². The zero-order chi connectivity index (χ0) is 12.5. The summed E-state index contributed by atoms with van der Waals surface area (Å²) in [5, 5.41) is 0.458. The molecule has 0 aliphatic heterocycles. The van der Waals surface area contributed by atoms with E-state index < -0.39 is 0 Å². The van der Waals surface area contributed by atoms with Crippen LogP contribution in [0.3, 0.4) is 0 Å². The van der Waals surface area contributed by atoms with Gasteiger partial charge in [-0.05, 0) is 24.3 Å². The highest BCUT2D eigenvalue weighted by Gasteiger charge is 2.09. The first kappa shape index (κ1) is 10.6. The summed E-state index contributed by atoms with van der Waals surface area (Å²) in [6.45, 7) is 0. The molecule has 5 heteroatoms. The minimum atomic E-state index is -0.307. The Balaban J connectivity index is 2.33. The normalized spacial score (nSPS) is 10.7. The number of pyridine rings is 1. The van der Waals surface area contributed by atoms with Gasteiger partial charge in [0.2, 0.25) is 0 Å². The van der Waals surface area contributed by atoms with E-state index >= 15 is 0 Å². The molecule has 0 bridgehead atoms. The average molecular weight is 240 g/mol. The van der Waals surface area contributed by atoms with Gasteiger partial charge in [0.15, 0.2) is 0 Å². The first-order valence-corrected chi connectivity index (χ1v) is 5.37. The predicted octanol–water partition coefficient (Wildman–Crippen LogP) is 2.41. The van der Waals surface area contributed by atoms with Gasteiger partial charge in [-0.1, -0.05) is 0 Å². The third-order valence-corrected chi connectivity index (χ3v) is 2.65. The molecule has 1 aromatic carbocycles. The van der Waals surface area contributed by atoms with Crippen molar-refractivity contribution in [3.8, 4) is 11.3 Å². The van der Waals surface area contributed by atoms with Crippen molar-refractivity contribution in [3.05, 3.63) is 48.7 Å². The van der Waals surface area contributed by atoms with Crippen LogP contribution in [0, 0.1) is 5.82 Å². The fraction of sp³-hybridized carbons (Fsp3) is 0. The van der Waals surface area contributed by atoms with Crippen molar-refractivity contribution in [2.75, 3.05) is 5.73 Å². The molecule has 0 unspecified atom stereocenters. The lowest BCUT2D eigenvalue weighted by atomic mass is 10.1. The summed E-state index contributed by atoms with van der Waals surface area (Å²) in [4.78, 5) is 12.4. The number of rotatable bonds is 1. The Kier molecular flexibility index (Phi) is 2.37. The number of benzene rings is 1. The smallest absolute Gasteiger partial charge is 0.142 e. The molecule has 0 saturated carbocycles. The van der Waals surface area contributed by atoms with Crippen LogP contribution in [0.25, 0.3) is 22.2 Å². The number of nitrogens with zero attached hydrogens (tertiary/aromatic N) is 3. The summed E-state index contributed by atoms with van der Waals surface area (Å²) in [5.41, 5.74) is 7.45. The summed E-state index contributed by atoms with van der Waals surface area (Å²) < 4.78 is 13.7. The Morgan fingerprint density at radius 2 is 2.00 bits per heavy atom. The molecule has 0 fully saturated rings. The highest BCUT2D eigenvalue weighted by Crippen LogP contribution is 2.27. The number of aromatic nitrogens is 3. The maximum absolute atomic E-state index is 13.7. The quantitative estimate of drug-likeness (QED) is 0.709. The maximum Gasteiger partial charge on any atom is 0.142 e. The number of hydrogen-bond donors (Lipinski definition) is 1. The Morgan fingerprint density at radius 1 is 1.11 bits per heavy atom. The topological polar surface area (TPSA) is 64.7 Å². The van der Waals surface area contributed by atoms with E-state index in [-0.39, 0.29) is 5.82 Å². The summed E-state index contributed by atoms with van der Waals surface area (Å²) >= 11 is 0. The lowest BCUT2D eigenvalue weighted by Gasteiger charge is -2.06. The molecule has 0 aliphatic rings. The number of hydrogen-bond acceptors (Lipinski definition) is 4. The molecule has 0 spiro atoms. The van der Waals surface area contributed by atoms with Crippen molar-refractivity contribution in [2.45, 2.75) is 0 Å². The van der Waals surface area contributed by atoms with Crippen molar-refractivity contribution in [1.82, 2.24) is 15.0 Å². The summed E-state index contributed by atoms with van der Waals surface area (Å²) in [7, 11) is 0. The van der Waals surface area contributed by atoms with E-state index in [1.165, 1.54) is 12.3 Å². The lowest BCUT2D eigenvalue weighted by molar-refractivity contribution is 0.639. The average Bonchev–Trinajstić information content (AvgIpc) is 2.39. The first-order chi connectivity index (χ1) is 8.75. The second-order valence-electron chi connectivity index (χ2n) is 3.82. The predicted molar refractivity (Wildman–Crippen MR) is 67.1 cm³/mol. The molecule has 0 radical (unpaired) electrons. The SMILES string of the molecule is Nc1cncc(-c2ccc(F)c3cccnc23)n1. The second-order valence-corrected chi connectivity index (χ2v) is 3.82. The molecule has 2 heterocycles. The molecular formula is C13H9FN4.